The molecule has 0 saturated heterocycles. The van der Waals surface area contributed by atoms with Crippen LogP contribution in [-0.2, 0) is 19.5 Å². The molecule has 0 atom stereocenters. The van der Waals surface area contributed by atoms with Gasteiger partial charge in [-0.3, -0.25) is 4.79 Å². The molecule has 2 heterocycles. The van der Waals surface area contributed by atoms with E-state index in [1.807, 2.05) is 41.1 Å². The summed E-state index contributed by atoms with van der Waals surface area (Å²) in [7, 11) is 0. The highest BCUT2D eigenvalue weighted by molar-refractivity contribution is 5.94. The van der Waals surface area contributed by atoms with Crippen molar-refractivity contribution in [3.63, 3.8) is 0 Å². The van der Waals surface area contributed by atoms with Gasteiger partial charge in [-0.15, -0.1) is 0 Å². The maximum atomic E-state index is 12.4. The summed E-state index contributed by atoms with van der Waals surface area (Å²) < 4.78 is 7.50. The van der Waals surface area contributed by atoms with Gasteiger partial charge in [0.1, 0.15) is 5.75 Å². The number of hydrogen-bond acceptors (Lipinski definition) is 3. The zero-order valence-electron chi connectivity index (χ0n) is 13.8. The number of fused-ring (bicyclic) bond motifs is 1. The van der Waals surface area contributed by atoms with Crippen molar-refractivity contribution in [3.8, 4) is 5.75 Å². The van der Waals surface area contributed by atoms with Gasteiger partial charge in [0.15, 0.2) is 0 Å². The number of hydrogen-bond donors (Lipinski definition) is 1. The van der Waals surface area contributed by atoms with Crippen molar-refractivity contribution in [2.75, 3.05) is 6.61 Å². The van der Waals surface area contributed by atoms with Gasteiger partial charge in [-0.25, -0.2) is 4.98 Å². The van der Waals surface area contributed by atoms with Crippen LogP contribution < -0.4 is 10.1 Å². The number of aromatic nitrogens is 2. The largest absolute Gasteiger partial charge is 0.493 e. The van der Waals surface area contributed by atoms with Gasteiger partial charge in [0, 0.05) is 37.5 Å². The Labute approximate surface area is 146 Å². The van der Waals surface area contributed by atoms with E-state index in [-0.39, 0.29) is 5.91 Å². The Kier molecular flexibility index (Phi) is 4.21. The van der Waals surface area contributed by atoms with E-state index < -0.39 is 0 Å². The van der Waals surface area contributed by atoms with E-state index in [0.717, 1.165) is 29.8 Å². The summed E-state index contributed by atoms with van der Waals surface area (Å²) in [6.45, 7) is 1.97. The number of amides is 1. The molecule has 5 heteroatoms. The van der Waals surface area contributed by atoms with Gasteiger partial charge in [0.25, 0.3) is 5.91 Å². The predicted molar refractivity (Wildman–Crippen MR) is 94.6 cm³/mol. The van der Waals surface area contributed by atoms with Crippen molar-refractivity contribution >= 4 is 5.91 Å². The summed E-state index contributed by atoms with van der Waals surface area (Å²) in [5, 5.41) is 2.99. The van der Waals surface area contributed by atoms with Crippen LogP contribution in [0.5, 0.6) is 5.75 Å². The van der Waals surface area contributed by atoms with E-state index >= 15 is 0 Å². The van der Waals surface area contributed by atoms with Gasteiger partial charge in [-0.2, -0.15) is 0 Å². The Morgan fingerprint density at radius 3 is 3.00 bits per heavy atom. The Balaban J connectivity index is 1.40. The standard InChI is InChI=1S/C20H19N3O2/c24-20(18-4-5-19-17(11-18)6-9-25-19)22-12-15-2-1-3-16(10-15)13-23-8-7-21-14-23/h1-5,7-8,10-11,14H,6,9,12-13H2,(H,22,24). The maximum absolute atomic E-state index is 12.4. The summed E-state index contributed by atoms with van der Waals surface area (Å²) in [4.78, 5) is 16.5. The van der Waals surface area contributed by atoms with Gasteiger partial charge in [-0.1, -0.05) is 24.3 Å². The van der Waals surface area contributed by atoms with Crippen molar-refractivity contribution in [3.05, 3.63) is 83.4 Å². The second kappa shape index (κ2) is 6.81. The Morgan fingerprint density at radius 1 is 1.20 bits per heavy atom. The minimum atomic E-state index is -0.0605. The fourth-order valence-electron chi connectivity index (χ4n) is 3.04. The van der Waals surface area contributed by atoms with Crippen LogP contribution in [-0.4, -0.2) is 22.1 Å². The number of ether oxygens (including phenoxy) is 1. The SMILES string of the molecule is O=C(NCc1cccc(Cn2ccnc2)c1)c1ccc2c(c1)CCO2. The summed E-state index contributed by atoms with van der Waals surface area (Å²) in [6, 6.07) is 13.8. The third-order valence-corrected chi connectivity index (χ3v) is 4.32. The average Bonchev–Trinajstić information content (AvgIpc) is 3.30. The molecule has 0 radical (unpaired) electrons. The highest BCUT2D eigenvalue weighted by atomic mass is 16.5. The molecule has 5 nitrogen and oxygen atoms in total. The first kappa shape index (κ1) is 15.4. The molecule has 126 valence electrons. The molecule has 2 aromatic carbocycles. The van der Waals surface area contributed by atoms with Crippen molar-refractivity contribution in [1.82, 2.24) is 14.9 Å². The third-order valence-electron chi connectivity index (χ3n) is 4.32. The first-order valence-corrected chi connectivity index (χ1v) is 8.35. The average molecular weight is 333 g/mol. The quantitative estimate of drug-likeness (QED) is 0.781. The minimum Gasteiger partial charge on any atom is -0.493 e. The van der Waals surface area contributed by atoms with Crippen LogP contribution in [0.4, 0.5) is 0 Å². The van der Waals surface area contributed by atoms with E-state index in [2.05, 4.69) is 22.4 Å². The van der Waals surface area contributed by atoms with Crippen LogP contribution in [0.2, 0.25) is 0 Å². The number of benzene rings is 2. The number of carbonyl (C=O) groups excluding carboxylic acids is 1. The molecule has 3 aromatic rings. The number of nitrogens with one attached hydrogen (secondary N) is 1. The second-order valence-electron chi connectivity index (χ2n) is 6.16. The smallest absolute Gasteiger partial charge is 0.251 e. The molecule has 4 rings (SSSR count). The van der Waals surface area contributed by atoms with Crippen LogP contribution in [0, 0.1) is 0 Å². The Hall–Kier alpha value is -3.08. The third kappa shape index (κ3) is 3.55. The van der Waals surface area contributed by atoms with Crippen LogP contribution in [0.3, 0.4) is 0 Å². The molecule has 25 heavy (non-hydrogen) atoms. The summed E-state index contributed by atoms with van der Waals surface area (Å²) >= 11 is 0. The molecule has 0 saturated carbocycles. The lowest BCUT2D eigenvalue weighted by Gasteiger charge is -2.09. The van der Waals surface area contributed by atoms with Crippen LogP contribution in [0.15, 0.2) is 61.2 Å². The molecule has 0 unspecified atom stereocenters. The minimum absolute atomic E-state index is 0.0605. The monoisotopic (exact) mass is 333 g/mol. The molecule has 0 bridgehead atoms. The van der Waals surface area contributed by atoms with Crippen LogP contribution in [0.1, 0.15) is 27.0 Å². The lowest BCUT2D eigenvalue weighted by molar-refractivity contribution is 0.0951. The first-order chi connectivity index (χ1) is 12.3. The van der Waals surface area contributed by atoms with Crippen LogP contribution >= 0.6 is 0 Å². The van der Waals surface area contributed by atoms with E-state index in [4.69, 9.17) is 4.74 Å². The Morgan fingerprint density at radius 2 is 2.12 bits per heavy atom. The first-order valence-electron chi connectivity index (χ1n) is 8.35. The molecule has 1 N–H and O–H groups in total. The predicted octanol–water partition coefficient (Wildman–Crippen LogP) is 2.80. The zero-order valence-corrected chi connectivity index (χ0v) is 13.8. The highest BCUT2D eigenvalue weighted by Crippen LogP contribution is 2.25. The van der Waals surface area contributed by atoms with E-state index in [0.29, 0.717) is 18.7 Å². The second-order valence-corrected chi connectivity index (χ2v) is 6.16. The van der Waals surface area contributed by atoms with Crippen molar-refractivity contribution in [1.29, 1.82) is 0 Å². The Bertz CT molecular complexity index is 888. The van der Waals surface area contributed by atoms with E-state index in [1.54, 1.807) is 12.5 Å². The topological polar surface area (TPSA) is 56.2 Å². The number of rotatable bonds is 5. The molecular formula is C20H19N3O2. The molecule has 1 aromatic heterocycles. The maximum Gasteiger partial charge on any atom is 0.251 e. The van der Waals surface area contributed by atoms with Crippen molar-refractivity contribution in [2.45, 2.75) is 19.5 Å². The molecule has 0 aliphatic carbocycles. The fourth-order valence-corrected chi connectivity index (χ4v) is 3.04. The van der Waals surface area contributed by atoms with Gasteiger partial charge in [0.05, 0.1) is 12.9 Å². The van der Waals surface area contributed by atoms with Crippen LogP contribution in [0.25, 0.3) is 0 Å². The van der Waals surface area contributed by atoms with Crippen molar-refractivity contribution in [2.24, 2.45) is 0 Å². The molecular weight excluding hydrogens is 314 g/mol. The molecule has 1 aliphatic rings. The lowest BCUT2D eigenvalue weighted by Crippen LogP contribution is -2.22. The van der Waals surface area contributed by atoms with E-state index in [9.17, 15) is 4.79 Å². The number of nitrogens with zero attached hydrogens (tertiary/aromatic N) is 2. The normalized spacial score (nSPS) is 12.5. The molecule has 1 amide bonds. The van der Waals surface area contributed by atoms with Gasteiger partial charge >= 0.3 is 0 Å². The lowest BCUT2D eigenvalue weighted by atomic mass is 10.1. The summed E-state index contributed by atoms with van der Waals surface area (Å²) in [6.07, 6.45) is 6.37. The van der Waals surface area contributed by atoms with Gasteiger partial charge in [0.2, 0.25) is 0 Å². The summed E-state index contributed by atoms with van der Waals surface area (Å²) in [5.74, 6) is 0.832. The zero-order chi connectivity index (χ0) is 17.1. The van der Waals surface area contributed by atoms with Crippen molar-refractivity contribution < 1.29 is 9.53 Å². The summed E-state index contributed by atoms with van der Waals surface area (Å²) in [5.41, 5.74) is 4.05. The van der Waals surface area contributed by atoms with Gasteiger partial charge in [-0.05, 0) is 34.9 Å². The number of imidazole rings is 1. The molecule has 0 spiro atoms. The molecule has 1 aliphatic heterocycles. The highest BCUT2D eigenvalue weighted by Gasteiger charge is 2.14. The molecule has 0 fully saturated rings. The number of carbonyl (C=O) groups is 1. The van der Waals surface area contributed by atoms with E-state index in [1.165, 1.54) is 5.56 Å². The fraction of sp³-hybridized carbons (Fsp3) is 0.200. The van der Waals surface area contributed by atoms with Gasteiger partial charge < -0.3 is 14.6 Å².